The first-order chi connectivity index (χ1) is 27.2. The number of ketones is 1. The summed E-state index contributed by atoms with van der Waals surface area (Å²) < 4.78 is 0. The number of piperidine rings is 1. The number of benzene rings is 2. The predicted octanol–water partition coefficient (Wildman–Crippen LogP) is 5.69. The van der Waals surface area contributed by atoms with Crippen LogP contribution in [0.1, 0.15) is 96.9 Å². The molecule has 4 amide bonds. The lowest BCUT2D eigenvalue weighted by atomic mass is 9.99. The summed E-state index contributed by atoms with van der Waals surface area (Å²) in [5.74, 6) is -1.14. The number of carbonyl (C=O) groups is 5. The number of hydrogen-bond acceptors (Lipinski definition) is 9. The highest BCUT2D eigenvalue weighted by atomic mass is 16.3. The molecule has 0 radical (unpaired) electrons. The minimum Gasteiger partial charge on any atom is -0.507 e. The highest BCUT2D eigenvalue weighted by molar-refractivity contribution is 6.23. The van der Waals surface area contributed by atoms with Gasteiger partial charge in [-0.15, -0.1) is 0 Å². The van der Waals surface area contributed by atoms with Gasteiger partial charge in [0, 0.05) is 74.4 Å². The number of unbranched alkanes of at least 4 members (excludes halogenated alkanes) is 4. The SMILES string of the molecule is C=C1CCC(N2C(=O)c3ccc(NCCCCCCCC(=O)NCCc4cccc(N5CC6CC5CN6/C=C/C(O)=C5\C=CCCC5=O)c4)cc3C2=O)C(=O)N1. The monoisotopic (exact) mass is 760 g/mol. The third-order valence-electron chi connectivity index (χ3n) is 11.5. The molecule has 0 spiro atoms. The molecule has 2 aromatic carbocycles. The van der Waals surface area contributed by atoms with E-state index in [1.807, 2.05) is 12.3 Å². The summed E-state index contributed by atoms with van der Waals surface area (Å²) in [6, 6.07) is 13.7. The number of aliphatic hydroxyl groups excluding tert-OH is 1. The first-order valence-corrected chi connectivity index (χ1v) is 20.1. The number of rotatable bonds is 16. The number of Topliss-reactive ketones (excluding diaryl/α,β-unsaturated/α-hetero) is 1. The molecule has 2 bridgehead atoms. The zero-order chi connectivity index (χ0) is 39.2. The van der Waals surface area contributed by atoms with E-state index in [0.717, 1.165) is 81.6 Å². The maximum atomic E-state index is 13.1. The second kappa shape index (κ2) is 17.4. The molecule has 56 heavy (non-hydrogen) atoms. The fourth-order valence-corrected chi connectivity index (χ4v) is 8.48. The molecule has 12 nitrogen and oxygen atoms in total. The summed E-state index contributed by atoms with van der Waals surface area (Å²) in [4.78, 5) is 69.0. The number of fused-ring (bicyclic) bond motifs is 3. The Morgan fingerprint density at radius 1 is 0.929 bits per heavy atom. The summed E-state index contributed by atoms with van der Waals surface area (Å²) in [6.45, 7) is 6.86. The van der Waals surface area contributed by atoms with E-state index in [0.29, 0.717) is 66.7 Å². The van der Waals surface area contributed by atoms with Crippen molar-refractivity contribution in [2.45, 2.75) is 95.2 Å². The molecular formula is C44H52N6O6. The molecule has 3 saturated heterocycles. The van der Waals surface area contributed by atoms with Gasteiger partial charge < -0.3 is 30.9 Å². The summed E-state index contributed by atoms with van der Waals surface area (Å²) >= 11 is 0. The molecule has 7 rings (SSSR count). The lowest BCUT2D eigenvalue weighted by Gasteiger charge is -2.35. The van der Waals surface area contributed by atoms with Crippen LogP contribution in [0.15, 0.2) is 90.5 Å². The van der Waals surface area contributed by atoms with Crippen molar-refractivity contribution < 1.29 is 29.1 Å². The molecule has 4 N–H and O–H groups in total. The number of nitrogens with zero attached hydrogens (tertiary/aromatic N) is 3. The Morgan fingerprint density at radius 2 is 1.75 bits per heavy atom. The molecule has 3 atom stereocenters. The number of hydrogen-bond donors (Lipinski definition) is 4. The molecular weight excluding hydrogens is 709 g/mol. The van der Waals surface area contributed by atoms with Gasteiger partial charge in [0.2, 0.25) is 11.8 Å². The van der Waals surface area contributed by atoms with Crippen molar-refractivity contribution in [1.82, 2.24) is 20.4 Å². The van der Waals surface area contributed by atoms with Gasteiger partial charge in [0.15, 0.2) is 5.78 Å². The van der Waals surface area contributed by atoms with Gasteiger partial charge in [-0.25, -0.2) is 0 Å². The molecule has 294 valence electrons. The van der Waals surface area contributed by atoms with Crippen LogP contribution in [0, 0.1) is 0 Å². The number of likely N-dealkylation sites (tertiary alicyclic amines) is 1. The smallest absolute Gasteiger partial charge is 0.262 e. The van der Waals surface area contributed by atoms with Crippen LogP contribution in [-0.2, 0) is 20.8 Å². The van der Waals surface area contributed by atoms with Crippen LogP contribution in [0.2, 0.25) is 0 Å². The maximum absolute atomic E-state index is 13.1. The topological polar surface area (TPSA) is 151 Å². The number of imide groups is 1. The average Bonchev–Trinajstić information content (AvgIpc) is 3.87. The van der Waals surface area contributed by atoms with Crippen molar-refractivity contribution in [3.63, 3.8) is 0 Å². The molecule has 4 heterocycles. The third-order valence-corrected chi connectivity index (χ3v) is 11.5. The van der Waals surface area contributed by atoms with Crippen LogP contribution in [0.25, 0.3) is 0 Å². The molecule has 1 aliphatic carbocycles. The summed E-state index contributed by atoms with van der Waals surface area (Å²) in [5.41, 5.74) is 4.80. The molecule has 12 heteroatoms. The zero-order valence-corrected chi connectivity index (χ0v) is 31.9. The Balaban J connectivity index is 0.752. The van der Waals surface area contributed by atoms with E-state index in [2.05, 4.69) is 56.6 Å². The standard InChI is InChI=1S/C44H52N6O6/c1-29-15-18-38(42(54)47-29)50-43(55)35-17-16-31(25-37(35)44(50)56)45-21-8-4-2-3-5-14-41(53)46-22-19-30-10-9-11-32(24-30)49-28-33-26-34(49)27-48(33)23-20-40(52)36-12-6-7-13-39(36)51/h6,9-12,16-17,20,23-25,33-34,38,45,52H,1-5,7-8,13-15,18-19,21-22,26-28H2,(H,46,53)(H,47,54)/b23-20+,40-36-. The number of amides is 4. The van der Waals surface area contributed by atoms with Crippen LogP contribution in [-0.4, -0.2) is 88.6 Å². The highest BCUT2D eigenvalue weighted by Crippen LogP contribution is 2.35. The molecule has 5 aliphatic rings. The summed E-state index contributed by atoms with van der Waals surface area (Å²) in [7, 11) is 0. The number of aliphatic hydroxyl groups is 1. The van der Waals surface area contributed by atoms with Crippen LogP contribution in [0.5, 0.6) is 0 Å². The number of piperazine rings is 1. The lowest BCUT2D eigenvalue weighted by Crippen LogP contribution is -2.51. The fourth-order valence-electron chi connectivity index (χ4n) is 8.48. The van der Waals surface area contributed by atoms with Gasteiger partial charge in [-0.05, 0) is 86.9 Å². The Bertz CT molecular complexity index is 1980. The average molecular weight is 761 g/mol. The van der Waals surface area contributed by atoms with E-state index < -0.39 is 17.9 Å². The third kappa shape index (κ3) is 8.74. The van der Waals surface area contributed by atoms with Gasteiger partial charge in [0.1, 0.15) is 11.8 Å². The van der Waals surface area contributed by atoms with Gasteiger partial charge in [0.05, 0.1) is 16.7 Å². The van der Waals surface area contributed by atoms with Gasteiger partial charge >= 0.3 is 0 Å². The summed E-state index contributed by atoms with van der Waals surface area (Å²) in [5, 5.41) is 19.5. The van der Waals surface area contributed by atoms with Gasteiger partial charge in [-0.2, -0.15) is 0 Å². The second-order valence-electron chi connectivity index (χ2n) is 15.5. The van der Waals surface area contributed by atoms with Gasteiger partial charge in [-0.1, -0.05) is 50.1 Å². The molecule has 0 aromatic heterocycles. The van der Waals surface area contributed by atoms with E-state index in [9.17, 15) is 29.1 Å². The van der Waals surface area contributed by atoms with E-state index in [1.165, 1.54) is 11.3 Å². The Labute approximate surface area is 328 Å². The van der Waals surface area contributed by atoms with Crippen molar-refractivity contribution in [3.05, 3.63) is 107 Å². The normalized spacial score (nSPS) is 22.7. The van der Waals surface area contributed by atoms with Crippen LogP contribution >= 0.6 is 0 Å². The van der Waals surface area contributed by atoms with Crippen molar-refractivity contribution in [2.24, 2.45) is 0 Å². The first-order valence-electron chi connectivity index (χ1n) is 20.1. The van der Waals surface area contributed by atoms with E-state index in [-0.39, 0.29) is 23.4 Å². The van der Waals surface area contributed by atoms with E-state index in [4.69, 9.17) is 0 Å². The number of allylic oxidation sites excluding steroid dienone is 5. The largest absolute Gasteiger partial charge is 0.507 e. The van der Waals surface area contributed by atoms with Crippen LogP contribution < -0.4 is 20.9 Å². The van der Waals surface area contributed by atoms with Gasteiger partial charge in [-0.3, -0.25) is 28.9 Å². The number of carbonyl (C=O) groups excluding carboxylic acids is 5. The summed E-state index contributed by atoms with van der Waals surface area (Å²) in [6.07, 6.45) is 16.4. The second-order valence-corrected chi connectivity index (χ2v) is 15.5. The van der Waals surface area contributed by atoms with Crippen molar-refractivity contribution in [3.8, 4) is 0 Å². The van der Waals surface area contributed by atoms with Crippen LogP contribution in [0.4, 0.5) is 11.4 Å². The molecule has 2 aromatic rings. The minimum absolute atomic E-state index is 0.0112. The number of anilines is 2. The van der Waals surface area contributed by atoms with Crippen molar-refractivity contribution in [2.75, 3.05) is 36.4 Å². The Kier molecular flexibility index (Phi) is 12.0. The minimum atomic E-state index is -0.820. The molecule has 3 fully saturated rings. The molecule has 4 aliphatic heterocycles. The molecule has 3 unspecified atom stereocenters. The van der Waals surface area contributed by atoms with E-state index >= 15 is 0 Å². The fraction of sp³-hybridized carbons (Fsp3) is 0.432. The number of nitrogens with one attached hydrogen (secondary N) is 3. The first kappa shape index (κ1) is 38.6. The van der Waals surface area contributed by atoms with E-state index in [1.54, 1.807) is 30.4 Å². The lowest BCUT2D eigenvalue weighted by molar-refractivity contribution is -0.125. The quantitative estimate of drug-likeness (QED) is 0.0732. The van der Waals surface area contributed by atoms with Crippen LogP contribution in [0.3, 0.4) is 0 Å². The van der Waals surface area contributed by atoms with Crippen molar-refractivity contribution in [1.29, 1.82) is 0 Å². The van der Waals surface area contributed by atoms with Gasteiger partial charge in [0.25, 0.3) is 11.8 Å². The zero-order valence-electron chi connectivity index (χ0n) is 31.9. The predicted molar refractivity (Wildman–Crippen MR) is 215 cm³/mol. The maximum Gasteiger partial charge on any atom is 0.262 e. The Hall–Kier alpha value is -5.65. The molecule has 0 saturated carbocycles. The Morgan fingerprint density at radius 3 is 2.55 bits per heavy atom. The highest BCUT2D eigenvalue weighted by Gasteiger charge is 2.44. The van der Waals surface area contributed by atoms with Crippen molar-refractivity contribution >= 4 is 40.8 Å².